The standard InChI is InChI=1S/C44H29N3O/c1-3-17-32(18-4-1)44(33-19-5-2-6-20-33)36-23-8-10-26-39(36)48-40-27-14-22-35(41(40)44)42-34-21-7-9-25-38(34)46-43(47-42)31-16-13-15-30(29-31)37-24-11-12-28-45-37/h1-29H. The van der Waals surface area contributed by atoms with E-state index in [0.717, 1.165) is 72.7 Å². The van der Waals surface area contributed by atoms with E-state index in [9.17, 15) is 0 Å². The first-order valence-electron chi connectivity index (χ1n) is 16.1. The fraction of sp³-hybridized carbons (Fsp3) is 0.0227. The highest BCUT2D eigenvalue weighted by Gasteiger charge is 2.47. The van der Waals surface area contributed by atoms with Gasteiger partial charge in [-0.1, -0.05) is 133 Å². The number of nitrogens with zero attached hydrogens (tertiary/aromatic N) is 3. The van der Waals surface area contributed by atoms with Gasteiger partial charge in [0.25, 0.3) is 0 Å². The van der Waals surface area contributed by atoms with Gasteiger partial charge in [0, 0.05) is 39.4 Å². The molecule has 3 heterocycles. The van der Waals surface area contributed by atoms with Crippen LogP contribution < -0.4 is 4.74 Å². The summed E-state index contributed by atoms with van der Waals surface area (Å²) in [6.45, 7) is 0. The quantitative estimate of drug-likeness (QED) is 0.193. The van der Waals surface area contributed by atoms with Gasteiger partial charge in [-0.3, -0.25) is 4.98 Å². The molecule has 0 aliphatic carbocycles. The molecule has 0 N–H and O–H groups in total. The summed E-state index contributed by atoms with van der Waals surface area (Å²) in [5.74, 6) is 2.30. The van der Waals surface area contributed by atoms with Gasteiger partial charge in [0.1, 0.15) is 11.5 Å². The number of aromatic nitrogens is 3. The highest BCUT2D eigenvalue weighted by atomic mass is 16.5. The summed E-state index contributed by atoms with van der Waals surface area (Å²) in [6, 6.07) is 58.8. The average molecular weight is 616 g/mol. The molecule has 2 aromatic heterocycles. The number of benzene rings is 6. The second-order valence-electron chi connectivity index (χ2n) is 12.0. The molecule has 0 atom stereocenters. The highest BCUT2D eigenvalue weighted by molar-refractivity contribution is 5.96. The van der Waals surface area contributed by atoms with Gasteiger partial charge >= 0.3 is 0 Å². The maximum absolute atomic E-state index is 6.78. The molecule has 0 unspecified atom stereocenters. The van der Waals surface area contributed by atoms with Gasteiger partial charge in [-0.2, -0.15) is 0 Å². The van der Waals surface area contributed by atoms with Crippen molar-refractivity contribution in [3.63, 3.8) is 0 Å². The summed E-state index contributed by atoms with van der Waals surface area (Å²) >= 11 is 0. The molecule has 0 spiro atoms. The van der Waals surface area contributed by atoms with E-state index in [1.54, 1.807) is 0 Å². The molecule has 8 aromatic rings. The molecule has 0 saturated carbocycles. The van der Waals surface area contributed by atoms with Crippen LogP contribution >= 0.6 is 0 Å². The zero-order valence-corrected chi connectivity index (χ0v) is 26.0. The minimum Gasteiger partial charge on any atom is -0.457 e. The normalized spacial score (nSPS) is 12.9. The summed E-state index contributed by atoms with van der Waals surface area (Å²) in [4.78, 5) is 15.1. The van der Waals surface area contributed by atoms with E-state index >= 15 is 0 Å². The number of ether oxygens (including phenoxy) is 1. The van der Waals surface area contributed by atoms with Crippen molar-refractivity contribution in [3.05, 3.63) is 198 Å². The lowest BCUT2D eigenvalue weighted by molar-refractivity contribution is 0.435. The molecule has 6 aromatic carbocycles. The van der Waals surface area contributed by atoms with E-state index in [1.807, 2.05) is 42.6 Å². The van der Waals surface area contributed by atoms with Crippen LogP contribution in [0.15, 0.2) is 176 Å². The fourth-order valence-corrected chi connectivity index (χ4v) is 7.22. The molecule has 0 saturated heterocycles. The van der Waals surface area contributed by atoms with Crippen molar-refractivity contribution in [3.8, 4) is 45.4 Å². The minimum atomic E-state index is -0.686. The molecule has 4 nitrogen and oxygen atoms in total. The Balaban J connectivity index is 1.36. The molecular formula is C44H29N3O. The lowest BCUT2D eigenvalue weighted by Gasteiger charge is -2.42. The third kappa shape index (κ3) is 4.42. The van der Waals surface area contributed by atoms with Gasteiger partial charge in [-0.15, -0.1) is 0 Å². The lowest BCUT2D eigenvalue weighted by atomic mass is 9.62. The van der Waals surface area contributed by atoms with Crippen LogP contribution in [-0.4, -0.2) is 15.0 Å². The van der Waals surface area contributed by atoms with E-state index in [-0.39, 0.29) is 0 Å². The summed E-state index contributed by atoms with van der Waals surface area (Å²) in [7, 11) is 0. The monoisotopic (exact) mass is 615 g/mol. The molecule has 226 valence electrons. The SMILES string of the molecule is c1ccc(C2(c3ccccc3)c3ccccc3Oc3cccc(-c4nc(-c5cccc(-c6ccccn6)c5)nc5ccccc45)c32)cc1. The van der Waals surface area contributed by atoms with Crippen molar-refractivity contribution in [2.45, 2.75) is 5.41 Å². The van der Waals surface area contributed by atoms with E-state index in [1.165, 1.54) is 0 Å². The molecule has 0 amide bonds. The molecular weight excluding hydrogens is 587 g/mol. The Bertz CT molecular complexity index is 2390. The van der Waals surface area contributed by atoms with Gasteiger partial charge in [0.2, 0.25) is 0 Å². The third-order valence-electron chi connectivity index (χ3n) is 9.27. The predicted octanol–water partition coefficient (Wildman–Crippen LogP) is 10.5. The summed E-state index contributed by atoms with van der Waals surface area (Å²) in [5.41, 5.74) is 9.34. The zero-order chi connectivity index (χ0) is 31.9. The molecule has 9 rings (SSSR count). The Morgan fingerprint density at radius 1 is 0.500 bits per heavy atom. The van der Waals surface area contributed by atoms with Crippen molar-refractivity contribution in [2.75, 3.05) is 0 Å². The predicted molar refractivity (Wildman–Crippen MR) is 192 cm³/mol. The van der Waals surface area contributed by atoms with Crippen LogP contribution in [0.2, 0.25) is 0 Å². The number of rotatable bonds is 5. The van der Waals surface area contributed by atoms with Gasteiger partial charge < -0.3 is 4.74 Å². The first-order valence-corrected chi connectivity index (χ1v) is 16.1. The van der Waals surface area contributed by atoms with Crippen LogP contribution in [0.4, 0.5) is 0 Å². The van der Waals surface area contributed by atoms with E-state index in [4.69, 9.17) is 14.7 Å². The summed E-state index contributed by atoms with van der Waals surface area (Å²) < 4.78 is 6.78. The summed E-state index contributed by atoms with van der Waals surface area (Å²) in [6.07, 6.45) is 1.82. The van der Waals surface area contributed by atoms with Crippen molar-refractivity contribution < 1.29 is 4.74 Å². The molecule has 0 fully saturated rings. The molecule has 0 bridgehead atoms. The van der Waals surface area contributed by atoms with Crippen LogP contribution in [0.25, 0.3) is 44.8 Å². The van der Waals surface area contributed by atoms with Crippen LogP contribution in [0.5, 0.6) is 11.5 Å². The van der Waals surface area contributed by atoms with Crippen LogP contribution in [0.1, 0.15) is 22.3 Å². The van der Waals surface area contributed by atoms with Crippen molar-refractivity contribution in [2.24, 2.45) is 0 Å². The van der Waals surface area contributed by atoms with Crippen LogP contribution in [0.3, 0.4) is 0 Å². The van der Waals surface area contributed by atoms with Gasteiger partial charge in [-0.25, -0.2) is 9.97 Å². The van der Waals surface area contributed by atoms with Crippen molar-refractivity contribution >= 4 is 10.9 Å². The Morgan fingerprint density at radius 2 is 1.17 bits per heavy atom. The number of hydrogen-bond acceptors (Lipinski definition) is 4. The highest BCUT2D eigenvalue weighted by Crippen LogP contribution is 2.58. The number of para-hydroxylation sites is 2. The van der Waals surface area contributed by atoms with E-state index in [0.29, 0.717) is 5.82 Å². The number of pyridine rings is 1. The van der Waals surface area contributed by atoms with E-state index in [2.05, 4.69) is 138 Å². The summed E-state index contributed by atoms with van der Waals surface area (Å²) in [5, 5.41) is 0.976. The van der Waals surface area contributed by atoms with Crippen LogP contribution in [0, 0.1) is 0 Å². The Kier molecular flexibility index (Phi) is 6.65. The molecule has 1 aliphatic heterocycles. The largest absolute Gasteiger partial charge is 0.457 e. The maximum atomic E-state index is 6.78. The third-order valence-corrected chi connectivity index (χ3v) is 9.27. The van der Waals surface area contributed by atoms with Gasteiger partial charge in [0.15, 0.2) is 5.82 Å². The molecule has 1 aliphatic rings. The molecule has 0 radical (unpaired) electrons. The molecule has 4 heteroatoms. The smallest absolute Gasteiger partial charge is 0.160 e. The van der Waals surface area contributed by atoms with Crippen molar-refractivity contribution in [1.82, 2.24) is 15.0 Å². The fourth-order valence-electron chi connectivity index (χ4n) is 7.22. The second-order valence-corrected chi connectivity index (χ2v) is 12.0. The van der Waals surface area contributed by atoms with E-state index < -0.39 is 5.41 Å². The minimum absolute atomic E-state index is 0.654. The van der Waals surface area contributed by atoms with Crippen LogP contribution in [-0.2, 0) is 5.41 Å². The van der Waals surface area contributed by atoms with Gasteiger partial charge in [-0.05, 0) is 47.5 Å². The zero-order valence-electron chi connectivity index (χ0n) is 26.0. The Morgan fingerprint density at radius 3 is 1.96 bits per heavy atom. The number of hydrogen-bond donors (Lipinski definition) is 0. The second kappa shape index (κ2) is 11.4. The number of fused-ring (bicyclic) bond motifs is 3. The Hall–Kier alpha value is -6.39. The lowest BCUT2D eigenvalue weighted by Crippen LogP contribution is -2.35. The maximum Gasteiger partial charge on any atom is 0.160 e. The first kappa shape index (κ1) is 27.9. The topological polar surface area (TPSA) is 47.9 Å². The van der Waals surface area contributed by atoms with Gasteiger partial charge in [0.05, 0.1) is 22.3 Å². The Labute approximate surface area is 279 Å². The first-order chi connectivity index (χ1) is 23.8. The molecule has 48 heavy (non-hydrogen) atoms. The average Bonchev–Trinajstić information content (AvgIpc) is 3.17. The van der Waals surface area contributed by atoms with Crippen molar-refractivity contribution in [1.29, 1.82) is 0 Å².